The summed E-state index contributed by atoms with van der Waals surface area (Å²) in [6.07, 6.45) is 23.8. The maximum atomic E-state index is 10.6. The van der Waals surface area contributed by atoms with Gasteiger partial charge in [-0.25, -0.2) is 0 Å². The van der Waals surface area contributed by atoms with Crippen molar-refractivity contribution in [3.63, 3.8) is 0 Å². The normalized spacial score (nSPS) is 28.3. The Morgan fingerprint density at radius 2 is 0.589 bits per heavy atom. The molecule has 0 aromatic carbocycles. The highest BCUT2D eigenvalue weighted by Crippen LogP contribution is 2.33. The second-order valence-electron chi connectivity index (χ2n) is 16.5. The molecule has 56 heavy (non-hydrogen) atoms. The number of unbranched alkanes of at least 4 members (excludes halogenated alkanes) is 26. The van der Waals surface area contributed by atoms with Gasteiger partial charge in [-0.15, -0.1) is 0 Å². The highest BCUT2D eigenvalue weighted by atomic mass is 33.1. The molecule has 10 unspecified atom stereocenters. The molecule has 6 N–H and O–H groups in total. The standard InChI is InChI=1S/C44H86O10S2/c1-3-5-7-9-11-13-15-17-19-21-23-25-27-29-31-51-43-41(49)39(47)37(45)35(53-43)33-55-56-34-36-38(46)40(48)42(50)44(54-36)52-32-30-28-26-24-22-20-18-16-14-12-10-8-6-4-2/h35-50H,3-34H2,1-2H3. The van der Waals surface area contributed by atoms with Crippen LogP contribution in [0, 0.1) is 0 Å². The Morgan fingerprint density at radius 3 is 0.857 bits per heavy atom. The van der Waals surface area contributed by atoms with Gasteiger partial charge in [0.15, 0.2) is 12.6 Å². The highest BCUT2D eigenvalue weighted by molar-refractivity contribution is 8.76. The zero-order chi connectivity index (χ0) is 40.6. The van der Waals surface area contributed by atoms with Crippen LogP contribution in [0.2, 0.25) is 0 Å². The van der Waals surface area contributed by atoms with Crippen LogP contribution >= 0.6 is 21.6 Å². The average Bonchev–Trinajstić information content (AvgIpc) is 3.20. The van der Waals surface area contributed by atoms with Crippen LogP contribution in [0.3, 0.4) is 0 Å². The van der Waals surface area contributed by atoms with Crippen LogP contribution in [0.4, 0.5) is 0 Å². The number of aliphatic hydroxyl groups is 6. The van der Waals surface area contributed by atoms with Gasteiger partial charge in [-0.05, 0) is 12.8 Å². The zero-order valence-corrected chi connectivity index (χ0v) is 37.2. The third-order valence-electron chi connectivity index (χ3n) is 11.4. The van der Waals surface area contributed by atoms with Gasteiger partial charge in [-0.2, -0.15) is 0 Å². The van der Waals surface area contributed by atoms with Crippen LogP contribution in [-0.2, 0) is 18.9 Å². The molecule has 0 saturated carbocycles. The smallest absolute Gasteiger partial charge is 0.186 e. The maximum Gasteiger partial charge on any atom is 0.186 e. The predicted octanol–water partition coefficient (Wildman–Crippen LogP) is 8.98. The quantitative estimate of drug-likeness (QED) is 0.0261. The summed E-state index contributed by atoms with van der Waals surface area (Å²) >= 11 is 0. The van der Waals surface area contributed by atoms with Crippen molar-refractivity contribution in [2.24, 2.45) is 0 Å². The van der Waals surface area contributed by atoms with Gasteiger partial charge in [-0.1, -0.05) is 202 Å². The molecule has 0 bridgehead atoms. The van der Waals surface area contributed by atoms with E-state index < -0.39 is 61.4 Å². The van der Waals surface area contributed by atoms with E-state index in [0.29, 0.717) is 24.7 Å². The van der Waals surface area contributed by atoms with E-state index in [-0.39, 0.29) is 0 Å². The lowest BCUT2D eigenvalue weighted by Gasteiger charge is -2.41. The number of hydrogen-bond acceptors (Lipinski definition) is 12. The van der Waals surface area contributed by atoms with E-state index in [1.165, 1.54) is 163 Å². The lowest BCUT2D eigenvalue weighted by atomic mass is 10.00. The van der Waals surface area contributed by atoms with E-state index in [2.05, 4.69) is 13.8 Å². The number of rotatable bonds is 37. The minimum Gasteiger partial charge on any atom is -0.388 e. The van der Waals surface area contributed by atoms with E-state index in [1.54, 1.807) is 0 Å². The second-order valence-corrected chi connectivity index (χ2v) is 19.1. The molecule has 0 aromatic heterocycles. The van der Waals surface area contributed by atoms with Crippen molar-refractivity contribution in [1.29, 1.82) is 0 Å². The monoisotopic (exact) mass is 839 g/mol. The van der Waals surface area contributed by atoms with Gasteiger partial charge in [0.2, 0.25) is 0 Å². The molecule has 334 valence electrons. The molecule has 2 aliphatic rings. The van der Waals surface area contributed by atoms with E-state index >= 15 is 0 Å². The summed E-state index contributed by atoms with van der Waals surface area (Å²) in [6.45, 7) is 5.33. The van der Waals surface area contributed by atoms with Crippen LogP contribution < -0.4 is 0 Å². The summed E-state index contributed by atoms with van der Waals surface area (Å²) in [7, 11) is 2.73. The number of ether oxygens (including phenoxy) is 4. The Hall–Kier alpha value is 0.300. The first kappa shape index (κ1) is 52.4. The highest BCUT2D eigenvalue weighted by Gasteiger charge is 2.45. The fourth-order valence-corrected chi connectivity index (χ4v) is 10.0. The summed E-state index contributed by atoms with van der Waals surface area (Å²) in [5.74, 6) is 0.586. The summed E-state index contributed by atoms with van der Waals surface area (Å²) in [5.41, 5.74) is 0. The van der Waals surface area contributed by atoms with Crippen LogP contribution in [0.1, 0.15) is 194 Å². The lowest BCUT2D eigenvalue weighted by Crippen LogP contribution is -2.59. The second kappa shape index (κ2) is 35.0. The SMILES string of the molecule is CCCCCCCCCCCCCCCCOC1OC(CSSCC2OC(OCCCCCCCCCCCCCCCC)C(O)C(O)C2O)C(O)C(O)C1O. The number of aliphatic hydroxyl groups excluding tert-OH is 6. The largest absolute Gasteiger partial charge is 0.388 e. The third kappa shape index (κ3) is 23.3. The average molecular weight is 839 g/mol. The molecule has 10 atom stereocenters. The van der Waals surface area contributed by atoms with Crippen molar-refractivity contribution >= 4 is 21.6 Å². The molecular weight excluding hydrogens is 753 g/mol. The molecule has 2 heterocycles. The summed E-state index contributed by atoms with van der Waals surface area (Å²) in [4.78, 5) is 0. The summed E-state index contributed by atoms with van der Waals surface area (Å²) in [6, 6.07) is 0. The summed E-state index contributed by atoms with van der Waals surface area (Å²) < 4.78 is 23.4. The van der Waals surface area contributed by atoms with Gasteiger partial charge < -0.3 is 49.6 Å². The first-order chi connectivity index (χ1) is 27.3. The molecule has 0 spiro atoms. The minimum absolute atomic E-state index is 0.293. The van der Waals surface area contributed by atoms with Crippen molar-refractivity contribution in [3.05, 3.63) is 0 Å². The third-order valence-corrected chi connectivity index (χ3v) is 13.9. The zero-order valence-electron chi connectivity index (χ0n) is 35.5. The van der Waals surface area contributed by atoms with Gasteiger partial charge >= 0.3 is 0 Å². The molecule has 2 saturated heterocycles. The van der Waals surface area contributed by atoms with Crippen molar-refractivity contribution in [2.45, 2.75) is 255 Å². The molecule has 2 rings (SSSR count). The molecule has 0 amide bonds. The van der Waals surface area contributed by atoms with Crippen LogP contribution in [0.25, 0.3) is 0 Å². The molecule has 10 nitrogen and oxygen atoms in total. The van der Waals surface area contributed by atoms with Crippen molar-refractivity contribution < 1.29 is 49.6 Å². The number of hydrogen-bond donors (Lipinski definition) is 6. The van der Waals surface area contributed by atoms with E-state index in [4.69, 9.17) is 18.9 Å². The predicted molar refractivity (Wildman–Crippen MR) is 231 cm³/mol. The minimum atomic E-state index is -1.39. The molecule has 0 radical (unpaired) electrons. The molecule has 12 heteroatoms. The molecule has 0 aliphatic carbocycles. The van der Waals surface area contributed by atoms with Gasteiger partial charge in [0.05, 0.1) is 12.2 Å². The lowest BCUT2D eigenvalue weighted by molar-refractivity contribution is -0.292. The summed E-state index contributed by atoms with van der Waals surface area (Å²) in [5, 5.41) is 63.2. The Kier molecular flexibility index (Phi) is 32.7. The van der Waals surface area contributed by atoms with E-state index in [9.17, 15) is 30.6 Å². The van der Waals surface area contributed by atoms with Gasteiger partial charge in [-0.3, -0.25) is 0 Å². The van der Waals surface area contributed by atoms with Gasteiger partial charge in [0.1, 0.15) is 36.6 Å². The van der Waals surface area contributed by atoms with Crippen LogP contribution in [-0.4, -0.2) is 117 Å². The van der Waals surface area contributed by atoms with Crippen molar-refractivity contribution in [2.75, 3.05) is 24.7 Å². The topological polar surface area (TPSA) is 158 Å². The first-order valence-electron chi connectivity index (χ1n) is 23.2. The Labute approximate surface area is 349 Å². The van der Waals surface area contributed by atoms with Crippen LogP contribution in [0.5, 0.6) is 0 Å². The van der Waals surface area contributed by atoms with Gasteiger partial charge in [0, 0.05) is 24.7 Å². The molecule has 2 fully saturated rings. The van der Waals surface area contributed by atoms with Crippen molar-refractivity contribution in [1.82, 2.24) is 0 Å². The van der Waals surface area contributed by atoms with E-state index in [1.807, 2.05) is 0 Å². The van der Waals surface area contributed by atoms with Gasteiger partial charge in [0.25, 0.3) is 0 Å². The van der Waals surface area contributed by atoms with E-state index in [0.717, 1.165) is 38.5 Å². The fraction of sp³-hybridized carbons (Fsp3) is 1.00. The maximum absolute atomic E-state index is 10.6. The molecular formula is C44H86O10S2. The Bertz CT molecular complexity index is 810. The van der Waals surface area contributed by atoms with Crippen molar-refractivity contribution in [3.8, 4) is 0 Å². The Balaban J connectivity index is 1.54. The molecule has 2 aliphatic heterocycles. The fourth-order valence-electron chi connectivity index (χ4n) is 7.61. The first-order valence-corrected chi connectivity index (χ1v) is 25.7. The molecule has 0 aromatic rings. The Morgan fingerprint density at radius 1 is 0.339 bits per heavy atom. The van der Waals surface area contributed by atoms with Crippen LogP contribution in [0.15, 0.2) is 0 Å².